The maximum atomic E-state index is 13.7. The predicted molar refractivity (Wildman–Crippen MR) is 134 cm³/mol. The molecule has 1 heterocycles. The maximum absolute atomic E-state index is 13.7. The molecule has 0 aliphatic rings. The van der Waals surface area contributed by atoms with Crippen LogP contribution in [0.2, 0.25) is 0 Å². The number of carbonyl (C=O) groups is 1. The summed E-state index contributed by atoms with van der Waals surface area (Å²) < 4.78 is 46.7. The van der Waals surface area contributed by atoms with Crippen LogP contribution < -0.4 is 10.1 Å². The highest BCUT2D eigenvalue weighted by Gasteiger charge is 2.36. The molecule has 3 aromatic rings. The van der Waals surface area contributed by atoms with Crippen molar-refractivity contribution in [2.75, 3.05) is 18.2 Å². The molecule has 2 aromatic carbocycles. The van der Waals surface area contributed by atoms with Crippen LogP contribution in [0.25, 0.3) is 11.3 Å². The number of nitrogens with zero attached hydrogens (tertiary/aromatic N) is 3. The SMILES string of the molecule is COc1ccc(-c2cc(C(F)(F)F)c(C#N)c(SCC(=O)Nc3c(Br)cc([N+](=O)[O-])cc3Br)n2)cc1. The second kappa shape index (κ2) is 11.3. The lowest BCUT2D eigenvalue weighted by Crippen LogP contribution is -2.16. The number of hydrogen-bond acceptors (Lipinski definition) is 7. The van der Waals surface area contributed by atoms with E-state index in [4.69, 9.17) is 4.74 Å². The van der Waals surface area contributed by atoms with Crippen molar-refractivity contribution in [1.29, 1.82) is 5.26 Å². The predicted octanol–water partition coefficient (Wildman–Crippen LogP) is 6.81. The largest absolute Gasteiger partial charge is 0.497 e. The van der Waals surface area contributed by atoms with Gasteiger partial charge in [0.2, 0.25) is 5.91 Å². The zero-order valence-corrected chi connectivity index (χ0v) is 22.0. The van der Waals surface area contributed by atoms with Gasteiger partial charge in [0.05, 0.1) is 40.3 Å². The monoisotopic (exact) mass is 644 g/mol. The minimum atomic E-state index is -4.83. The molecule has 0 fully saturated rings. The number of non-ortho nitro benzene ring substituents is 1. The first-order chi connectivity index (χ1) is 16.9. The average Bonchev–Trinajstić information content (AvgIpc) is 2.83. The Kier molecular flexibility index (Phi) is 8.59. The van der Waals surface area contributed by atoms with Crippen molar-refractivity contribution in [3.8, 4) is 23.1 Å². The summed E-state index contributed by atoms with van der Waals surface area (Å²) in [6.07, 6.45) is -4.83. The number of thioether (sulfide) groups is 1. The summed E-state index contributed by atoms with van der Waals surface area (Å²) in [5.74, 6) is -0.524. The molecule has 36 heavy (non-hydrogen) atoms. The van der Waals surface area contributed by atoms with E-state index in [-0.39, 0.29) is 36.8 Å². The van der Waals surface area contributed by atoms with Crippen LogP contribution >= 0.6 is 43.6 Å². The van der Waals surface area contributed by atoms with Crippen molar-refractivity contribution >= 4 is 60.9 Å². The van der Waals surface area contributed by atoms with E-state index in [2.05, 4.69) is 42.2 Å². The van der Waals surface area contributed by atoms with Crippen LogP contribution in [-0.4, -0.2) is 28.7 Å². The van der Waals surface area contributed by atoms with Crippen LogP contribution in [-0.2, 0) is 11.0 Å². The van der Waals surface area contributed by atoms with Crippen LogP contribution in [0.15, 0.2) is 56.4 Å². The van der Waals surface area contributed by atoms with Crippen molar-refractivity contribution in [1.82, 2.24) is 4.98 Å². The van der Waals surface area contributed by atoms with E-state index in [1.807, 2.05) is 0 Å². The molecule has 0 saturated carbocycles. The summed E-state index contributed by atoms with van der Waals surface area (Å²) in [5, 5.41) is 22.7. The number of alkyl halides is 3. The topological polar surface area (TPSA) is 118 Å². The van der Waals surface area contributed by atoms with Crippen LogP contribution in [0.3, 0.4) is 0 Å². The molecule has 0 aliphatic heterocycles. The highest BCUT2D eigenvalue weighted by atomic mass is 79.9. The third-order valence-corrected chi connectivity index (χ3v) is 6.86. The fraction of sp³-hybridized carbons (Fsp3) is 0.136. The number of benzene rings is 2. The van der Waals surface area contributed by atoms with E-state index in [0.717, 1.165) is 6.07 Å². The summed E-state index contributed by atoms with van der Waals surface area (Å²) in [6, 6.07) is 10.9. The van der Waals surface area contributed by atoms with Gasteiger partial charge < -0.3 is 10.1 Å². The number of methoxy groups -OCH3 is 1. The smallest absolute Gasteiger partial charge is 0.417 e. The molecular weight excluding hydrogens is 633 g/mol. The van der Waals surface area contributed by atoms with Crippen molar-refractivity contribution in [3.05, 3.63) is 72.7 Å². The van der Waals surface area contributed by atoms with E-state index in [1.54, 1.807) is 18.2 Å². The van der Waals surface area contributed by atoms with Crippen molar-refractivity contribution in [2.45, 2.75) is 11.2 Å². The number of nitriles is 1. The normalized spacial score (nSPS) is 11.0. The Bertz CT molecular complexity index is 1360. The number of hydrogen-bond donors (Lipinski definition) is 1. The number of nitro benzene ring substituents is 1. The van der Waals surface area contributed by atoms with Crippen LogP contribution in [0.4, 0.5) is 24.5 Å². The lowest BCUT2D eigenvalue weighted by molar-refractivity contribution is -0.385. The molecule has 0 radical (unpaired) electrons. The first-order valence-corrected chi connectivity index (χ1v) is 12.2. The molecule has 3 rings (SSSR count). The Morgan fingerprint density at radius 2 is 1.83 bits per heavy atom. The minimum Gasteiger partial charge on any atom is -0.497 e. The third-order valence-electron chi connectivity index (χ3n) is 4.63. The summed E-state index contributed by atoms with van der Waals surface area (Å²) in [5.41, 5.74) is -1.57. The van der Waals surface area contributed by atoms with Gasteiger partial charge in [-0.05, 0) is 62.2 Å². The number of rotatable bonds is 7. The van der Waals surface area contributed by atoms with Gasteiger partial charge in [0, 0.05) is 26.6 Å². The number of ether oxygens (including phenoxy) is 1. The van der Waals surface area contributed by atoms with E-state index < -0.39 is 28.1 Å². The fourth-order valence-corrected chi connectivity index (χ4v) is 5.12. The van der Waals surface area contributed by atoms with Crippen molar-refractivity contribution < 1.29 is 27.6 Å². The fourth-order valence-electron chi connectivity index (χ4n) is 2.96. The Labute approximate surface area is 223 Å². The Balaban J connectivity index is 1.91. The first kappa shape index (κ1) is 27.4. The number of halogens is 5. The van der Waals surface area contributed by atoms with Gasteiger partial charge in [-0.3, -0.25) is 14.9 Å². The van der Waals surface area contributed by atoms with E-state index >= 15 is 0 Å². The lowest BCUT2D eigenvalue weighted by atomic mass is 10.1. The minimum absolute atomic E-state index is 0.0345. The Hall–Kier alpha value is -3.15. The number of pyridine rings is 1. The molecule has 0 spiro atoms. The highest BCUT2D eigenvalue weighted by Crippen LogP contribution is 2.39. The van der Waals surface area contributed by atoms with Crippen LogP contribution in [0, 0.1) is 21.4 Å². The van der Waals surface area contributed by atoms with Gasteiger partial charge in [0.15, 0.2) is 0 Å². The van der Waals surface area contributed by atoms with Gasteiger partial charge in [-0.1, -0.05) is 11.8 Å². The standard InChI is InChI=1S/C22H13Br2F3N4O4S/c1-35-13-4-2-11(3-5-13)18-8-15(22(25,26)27)14(9-28)21(29-18)36-10-19(32)30-20-16(23)6-12(31(33)34)7-17(20)24/h2-8H,10H2,1H3,(H,30,32). The van der Waals surface area contributed by atoms with E-state index in [0.29, 0.717) is 23.1 Å². The zero-order valence-electron chi connectivity index (χ0n) is 18.0. The molecule has 0 saturated heterocycles. The number of aromatic nitrogens is 1. The van der Waals surface area contributed by atoms with Gasteiger partial charge in [0.25, 0.3) is 5.69 Å². The Morgan fingerprint density at radius 1 is 1.22 bits per heavy atom. The van der Waals surface area contributed by atoms with Gasteiger partial charge in [-0.25, -0.2) is 4.98 Å². The number of nitrogens with one attached hydrogen (secondary N) is 1. The van der Waals surface area contributed by atoms with E-state index in [1.165, 1.54) is 31.4 Å². The number of carbonyl (C=O) groups excluding carboxylic acids is 1. The van der Waals surface area contributed by atoms with E-state index in [9.17, 15) is 33.3 Å². The number of amides is 1. The molecule has 1 aromatic heterocycles. The molecule has 8 nitrogen and oxygen atoms in total. The Morgan fingerprint density at radius 3 is 2.33 bits per heavy atom. The second-order valence-electron chi connectivity index (χ2n) is 6.95. The van der Waals surface area contributed by atoms with Crippen molar-refractivity contribution in [3.63, 3.8) is 0 Å². The summed E-state index contributed by atoms with van der Waals surface area (Å²) in [4.78, 5) is 27.1. The van der Waals surface area contributed by atoms with Crippen LogP contribution in [0.1, 0.15) is 11.1 Å². The number of anilines is 1. The molecule has 0 unspecified atom stereocenters. The summed E-state index contributed by atoms with van der Waals surface area (Å²) in [6.45, 7) is 0. The molecular formula is C22H13Br2F3N4O4S. The molecule has 0 atom stereocenters. The van der Waals surface area contributed by atoms with Crippen molar-refractivity contribution in [2.24, 2.45) is 0 Å². The molecule has 0 aliphatic carbocycles. The zero-order chi connectivity index (χ0) is 26.6. The summed E-state index contributed by atoms with van der Waals surface area (Å²) >= 11 is 6.95. The van der Waals surface area contributed by atoms with Gasteiger partial charge >= 0.3 is 6.18 Å². The number of nitro groups is 1. The molecule has 1 N–H and O–H groups in total. The molecule has 0 bridgehead atoms. The van der Waals surface area contributed by atoms with Gasteiger partial charge in [0.1, 0.15) is 16.8 Å². The highest BCUT2D eigenvalue weighted by molar-refractivity contribution is 9.11. The molecule has 14 heteroatoms. The quantitative estimate of drug-likeness (QED) is 0.170. The molecule has 186 valence electrons. The molecule has 1 amide bonds. The summed E-state index contributed by atoms with van der Waals surface area (Å²) in [7, 11) is 1.45. The van der Waals surface area contributed by atoms with Crippen LogP contribution in [0.5, 0.6) is 5.75 Å². The van der Waals surface area contributed by atoms with Gasteiger partial charge in [-0.2, -0.15) is 18.4 Å². The third kappa shape index (κ3) is 6.34. The second-order valence-corrected chi connectivity index (χ2v) is 9.62. The maximum Gasteiger partial charge on any atom is 0.417 e. The average molecular weight is 646 g/mol. The van der Waals surface area contributed by atoms with Gasteiger partial charge in [-0.15, -0.1) is 0 Å². The lowest BCUT2D eigenvalue weighted by Gasteiger charge is -2.15. The first-order valence-electron chi connectivity index (χ1n) is 9.67.